The monoisotopic (exact) mass is 245 g/mol. The molecule has 18 heavy (non-hydrogen) atoms. The molecule has 1 unspecified atom stereocenters. The largest absolute Gasteiger partial charge is 0.375 e. The summed E-state index contributed by atoms with van der Waals surface area (Å²) in [6.07, 6.45) is 5.20. The van der Waals surface area contributed by atoms with E-state index >= 15 is 0 Å². The van der Waals surface area contributed by atoms with E-state index in [1.165, 1.54) is 31.4 Å². The first kappa shape index (κ1) is 14.6. The van der Waals surface area contributed by atoms with E-state index in [-0.39, 0.29) is 0 Å². The van der Waals surface area contributed by atoms with Gasteiger partial charge in [-0.25, -0.2) is 0 Å². The molecule has 0 bridgehead atoms. The normalized spacial score (nSPS) is 11.9. The van der Waals surface area contributed by atoms with Crippen LogP contribution < -0.4 is 4.90 Å². The lowest BCUT2D eigenvalue weighted by atomic mass is 10.0. The highest BCUT2D eigenvalue weighted by Crippen LogP contribution is 2.19. The first-order valence-corrected chi connectivity index (χ1v) is 6.89. The number of nitrogens with zero attached hydrogens (tertiary/aromatic N) is 2. The molecule has 0 aromatic heterocycles. The van der Waals surface area contributed by atoms with E-state index in [9.17, 15) is 0 Å². The number of hydrogen-bond acceptors (Lipinski definition) is 1. The summed E-state index contributed by atoms with van der Waals surface area (Å²) in [5, 5.41) is 0. The molecule has 0 aliphatic carbocycles. The smallest absolute Gasteiger partial charge is 0.340 e. The second-order valence-corrected chi connectivity index (χ2v) is 5.08. The molecule has 98 valence electrons. The topological polar surface area (TPSA) is 7.60 Å². The summed E-state index contributed by atoms with van der Waals surface area (Å²) in [5.41, 5.74) is 2.05. The Morgan fingerprint density at radius 3 is 2.44 bits per heavy atom. The molecule has 1 aromatic carbocycles. The van der Waals surface area contributed by atoms with Gasteiger partial charge < -0.3 is 4.90 Å². The van der Waals surface area contributed by atoms with Gasteiger partial charge in [0, 0.05) is 31.4 Å². The summed E-state index contributed by atoms with van der Waals surface area (Å²) in [5.74, 6) is 0.862. The Kier molecular flexibility index (Phi) is 6.28. The summed E-state index contributed by atoms with van der Waals surface area (Å²) >= 11 is 0. The van der Waals surface area contributed by atoms with Crippen LogP contribution in [-0.4, -0.2) is 13.6 Å². The zero-order valence-electron chi connectivity index (χ0n) is 11.9. The number of unbranched alkanes of at least 4 members (excludes halogenated alkanes) is 1. The van der Waals surface area contributed by atoms with Gasteiger partial charge in [-0.3, -0.25) is 0 Å². The van der Waals surface area contributed by atoms with Gasteiger partial charge in [-0.2, -0.15) is 0 Å². The lowest BCUT2D eigenvalue weighted by Crippen LogP contribution is -2.18. The molecule has 0 saturated carbocycles. The molecule has 1 rings (SSSR count). The van der Waals surface area contributed by atoms with Gasteiger partial charge in [-0.1, -0.05) is 33.1 Å². The van der Waals surface area contributed by atoms with Gasteiger partial charge in [0.1, 0.15) is 0 Å². The third-order valence-corrected chi connectivity index (χ3v) is 3.58. The lowest BCUT2D eigenvalue weighted by molar-refractivity contribution is 0.485. The van der Waals surface area contributed by atoms with E-state index in [0.29, 0.717) is 0 Å². The average Bonchev–Trinajstić information content (AvgIpc) is 2.43. The minimum atomic E-state index is 0.823. The van der Waals surface area contributed by atoms with Crippen molar-refractivity contribution in [3.63, 3.8) is 0 Å². The van der Waals surface area contributed by atoms with Crippen molar-refractivity contribution >= 4 is 11.4 Å². The number of rotatable bonds is 7. The van der Waals surface area contributed by atoms with Crippen LogP contribution in [0.5, 0.6) is 0 Å². The Morgan fingerprint density at radius 1 is 1.22 bits per heavy atom. The van der Waals surface area contributed by atoms with Crippen LogP contribution in [0.4, 0.5) is 11.4 Å². The van der Waals surface area contributed by atoms with Crippen molar-refractivity contribution in [1.82, 2.24) is 0 Å². The predicted octanol–water partition coefficient (Wildman–Crippen LogP) is 4.93. The van der Waals surface area contributed by atoms with Gasteiger partial charge in [0.15, 0.2) is 0 Å². The van der Waals surface area contributed by atoms with E-state index in [1.807, 2.05) is 12.1 Å². The fraction of sp³-hybridized carbons (Fsp3) is 0.562. The second-order valence-electron chi connectivity index (χ2n) is 5.08. The van der Waals surface area contributed by atoms with Gasteiger partial charge in [0.2, 0.25) is 0 Å². The molecule has 0 aliphatic heterocycles. The first-order chi connectivity index (χ1) is 8.67. The van der Waals surface area contributed by atoms with Crippen LogP contribution in [0, 0.1) is 12.5 Å². The lowest BCUT2D eigenvalue weighted by Gasteiger charge is -2.19. The van der Waals surface area contributed by atoms with Crippen LogP contribution >= 0.6 is 0 Å². The molecule has 0 aliphatic rings. The van der Waals surface area contributed by atoms with Crippen LogP contribution in [0.15, 0.2) is 24.3 Å². The van der Waals surface area contributed by atoms with Crippen LogP contribution in [0.25, 0.3) is 4.85 Å². The van der Waals surface area contributed by atoms with Gasteiger partial charge in [-0.15, -0.1) is 0 Å². The maximum absolute atomic E-state index is 5.23. The molecule has 0 radical (unpaired) electrons. The van der Waals surface area contributed by atoms with Gasteiger partial charge in [-0.05, 0) is 29.3 Å². The van der Waals surface area contributed by atoms with Crippen molar-refractivity contribution in [3.05, 3.63) is 29.1 Å². The van der Waals surface area contributed by atoms with Crippen LogP contribution in [0.1, 0.15) is 39.5 Å². The molecule has 0 heterocycles. The van der Waals surface area contributed by atoms with Crippen molar-refractivity contribution in [2.75, 3.05) is 18.5 Å². The summed E-state index contributed by atoms with van der Waals surface area (Å²) in [4.78, 5) is 5.95. The van der Waals surface area contributed by atoms with Crippen LogP contribution in [0.3, 0.4) is 0 Å². The molecular weight excluding hydrogens is 220 g/mol. The standard InChI is InChI=1S/C16H25N2/c1-5-14(2)8-6-7-13-18(4)16-11-9-15(17-3)10-12-16/h3,9-12,14H,5-8,13H2,1-2,4H3/q+1. The Bertz CT molecular complexity index is 375. The minimum absolute atomic E-state index is 0.823. The van der Waals surface area contributed by atoms with Gasteiger partial charge in [0.25, 0.3) is 6.57 Å². The minimum Gasteiger partial charge on any atom is -0.375 e. The molecule has 0 saturated heterocycles. The summed E-state index contributed by atoms with van der Waals surface area (Å²) in [6.45, 7) is 10.9. The second kappa shape index (κ2) is 7.76. The maximum atomic E-state index is 5.23. The van der Waals surface area contributed by atoms with Crippen molar-refractivity contribution in [1.29, 1.82) is 0 Å². The highest BCUT2D eigenvalue weighted by atomic mass is 15.1. The zero-order chi connectivity index (χ0) is 13.4. The van der Waals surface area contributed by atoms with E-state index in [2.05, 4.69) is 42.8 Å². The molecule has 2 nitrogen and oxygen atoms in total. The van der Waals surface area contributed by atoms with Gasteiger partial charge >= 0.3 is 5.69 Å². The highest BCUT2D eigenvalue weighted by molar-refractivity contribution is 5.55. The Labute approximate surface area is 111 Å². The predicted molar refractivity (Wildman–Crippen MR) is 81.0 cm³/mol. The Morgan fingerprint density at radius 2 is 1.89 bits per heavy atom. The third-order valence-electron chi connectivity index (χ3n) is 3.58. The highest BCUT2D eigenvalue weighted by Gasteiger charge is 2.04. The van der Waals surface area contributed by atoms with E-state index < -0.39 is 0 Å². The molecular formula is C16H25N2+. The summed E-state index contributed by atoms with van der Waals surface area (Å²) in [7, 11) is 2.14. The zero-order valence-corrected chi connectivity index (χ0v) is 11.9. The molecule has 0 fully saturated rings. The molecule has 0 N–H and O–H groups in total. The van der Waals surface area contributed by atoms with E-state index in [4.69, 9.17) is 6.57 Å². The first-order valence-electron chi connectivity index (χ1n) is 6.89. The van der Waals surface area contributed by atoms with Crippen molar-refractivity contribution in [2.24, 2.45) is 5.92 Å². The number of hydrogen-bond donors (Lipinski definition) is 0. The van der Waals surface area contributed by atoms with Gasteiger partial charge in [0.05, 0.1) is 0 Å². The van der Waals surface area contributed by atoms with Crippen molar-refractivity contribution < 1.29 is 0 Å². The fourth-order valence-electron chi connectivity index (χ4n) is 1.97. The maximum Gasteiger partial charge on any atom is 0.340 e. The Balaban J connectivity index is 2.32. The molecule has 2 heteroatoms. The SMILES string of the molecule is C#[N+]c1ccc(N(C)CCCCC(C)CC)cc1. The molecule has 0 amide bonds. The third kappa shape index (κ3) is 4.79. The molecule has 0 spiro atoms. The number of anilines is 1. The molecule has 1 aromatic rings. The quantitative estimate of drug-likeness (QED) is 0.618. The summed E-state index contributed by atoms with van der Waals surface area (Å²) in [6, 6.07) is 8.04. The van der Waals surface area contributed by atoms with Crippen molar-refractivity contribution in [2.45, 2.75) is 39.5 Å². The van der Waals surface area contributed by atoms with E-state index in [1.54, 1.807) is 0 Å². The Hall–Kier alpha value is -1.49. The summed E-state index contributed by atoms with van der Waals surface area (Å²) < 4.78 is 0. The fourth-order valence-corrected chi connectivity index (χ4v) is 1.97. The van der Waals surface area contributed by atoms with E-state index in [0.717, 1.165) is 18.2 Å². The van der Waals surface area contributed by atoms with Crippen molar-refractivity contribution in [3.8, 4) is 6.57 Å². The molecule has 1 atom stereocenters. The van der Waals surface area contributed by atoms with Crippen LogP contribution in [0.2, 0.25) is 0 Å². The average molecular weight is 245 g/mol. The van der Waals surface area contributed by atoms with Crippen LogP contribution in [-0.2, 0) is 0 Å². The number of benzene rings is 1.